The van der Waals surface area contributed by atoms with Gasteiger partial charge in [0.15, 0.2) is 0 Å². The number of likely N-dealkylation sites (tertiary alicyclic amines) is 1. The van der Waals surface area contributed by atoms with Gasteiger partial charge in [-0.05, 0) is 44.1 Å². The first kappa shape index (κ1) is 26.2. The van der Waals surface area contributed by atoms with Gasteiger partial charge in [0.25, 0.3) is 0 Å². The summed E-state index contributed by atoms with van der Waals surface area (Å²) in [5, 5.41) is 16.5. The fourth-order valence-electron chi connectivity index (χ4n) is 7.61. The molecule has 3 N–H and O–H groups in total. The number of rotatable bonds is 8. The van der Waals surface area contributed by atoms with Crippen LogP contribution in [0.2, 0.25) is 0 Å². The number of fused-ring (bicyclic) bond motifs is 1. The molecular weight excluding hydrogens is 470 g/mol. The Morgan fingerprint density at radius 2 is 1.86 bits per heavy atom. The summed E-state index contributed by atoms with van der Waals surface area (Å²) in [4.78, 5) is 43.4. The second-order valence-electron chi connectivity index (χ2n) is 11.7. The topological polar surface area (TPSA) is 108 Å². The lowest BCUT2D eigenvalue weighted by atomic mass is 9.62. The summed E-state index contributed by atoms with van der Waals surface area (Å²) in [5.41, 5.74) is -0.956. The third kappa shape index (κ3) is 4.16. The summed E-state index contributed by atoms with van der Waals surface area (Å²) in [5.74, 6) is -2.16. The normalized spacial score (nSPS) is 35.9. The quantitative estimate of drug-likeness (QED) is 0.497. The summed E-state index contributed by atoms with van der Waals surface area (Å²) in [6.45, 7) is 6.00. The van der Waals surface area contributed by atoms with Gasteiger partial charge in [0.1, 0.15) is 11.6 Å². The third-order valence-electron chi connectivity index (χ3n) is 9.62. The highest BCUT2D eigenvalue weighted by atomic mass is 16.5. The van der Waals surface area contributed by atoms with Gasteiger partial charge in [-0.2, -0.15) is 0 Å². The summed E-state index contributed by atoms with van der Waals surface area (Å²) in [7, 11) is 0. The zero-order chi connectivity index (χ0) is 26.4. The molecule has 1 aromatic rings. The molecule has 3 unspecified atom stereocenters. The van der Waals surface area contributed by atoms with Crippen LogP contribution in [0.1, 0.15) is 71.3 Å². The van der Waals surface area contributed by atoms with E-state index >= 15 is 0 Å². The molecule has 3 saturated heterocycles. The number of nitrogens with one attached hydrogen (secondary N) is 2. The number of ether oxygens (including phenoxy) is 1. The molecule has 2 bridgehead atoms. The van der Waals surface area contributed by atoms with Gasteiger partial charge in [-0.15, -0.1) is 0 Å². The Morgan fingerprint density at radius 3 is 2.51 bits per heavy atom. The van der Waals surface area contributed by atoms with Gasteiger partial charge >= 0.3 is 0 Å². The molecule has 202 valence electrons. The molecule has 1 spiro atoms. The predicted molar refractivity (Wildman–Crippen MR) is 138 cm³/mol. The van der Waals surface area contributed by atoms with Gasteiger partial charge in [0.05, 0.1) is 30.1 Å². The average Bonchev–Trinajstić information content (AvgIpc) is 3.41. The minimum Gasteiger partial charge on any atom is -0.394 e. The van der Waals surface area contributed by atoms with Crippen LogP contribution in [-0.4, -0.2) is 63.7 Å². The Kier molecular flexibility index (Phi) is 7.09. The maximum absolute atomic E-state index is 14.2. The second kappa shape index (κ2) is 10.0. The fraction of sp³-hybridized carbons (Fsp3) is 0.690. The van der Waals surface area contributed by atoms with Crippen molar-refractivity contribution in [3.63, 3.8) is 0 Å². The average molecular weight is 512 g/mol. The number of nitrogens with zero attached hydrogens (tertiary/aromatic N) is 1. The molecular formula is C29H41N3O5. The van der Waals surface area contributed by atoms with Crippen LogP contribution in [-0.2, 0) is 25.7 Å². The van der Waals surface area contributed by atoms with E-state index in [1.165, 1.54) is 6.42 Å². The van der Waals surface area contributed by atoms with Crippen molar-refractivity contribution in [2.75, 3.05) is 6.61 Å². The summed E-state index contributed by atoms with van der Waals surface area (Å²) >= 11 is 0. The highest BCUT2D eigenvalue weighted by Crippen LogP contribution is 2.65. The molecule has 3 amide bonds. The number of hydrogen-bond donors (Lipinski definition) is 3. The van der Waals surface area contributed by atoms with Crippen LogP contribution in [0.15, 0.2) is 30.3 Å². The van der Waals surface area contributed by atoms with Crippen LogP contribution < -0.4 is 10.6 Å². The van der Waals surface area contributed by atoms with Gasteiger partial charge in [0, 0.05) is 12.6 Å². The highest BCUT2D eigenvalue weighted by Gasteiger charge is 2.80. The van der Waals surface area contributed by atoms with Crippen LogP contribution in [0.5, 0.6) is 0 Å². The second-order valence-corrected chi connectivity index (χ2v) is 11.7. The largest absolute Gasteiger partial charge is 0.394 e. The molecule has 3 heterocycles. The van der Waals surface area contributed by atoms with E-state index in [2.05, 4.69) is 17.6 Å². The van der Waals surface area contributed by atoms with E-state index in [9.17, 15) is 19.5 Å². The summed E-state index contributed by atoms with van der Waals surface area (Å²) in [6.07, 6.45) is 6.23. The molecule has 0 radical (unpaired) electrons. The third-order valence-corrected chi connectivity index (χ3v) is 9.62. The lowest BCUT2D eigenvalue weighted by molar-refractivity contribution is -0.151. The van der Waals surface area contributed by atoms with Crippen LogP contribution in [0, 0.1) is 17.8 Å². The van der Waals surface area contributed by atoms with Gasteiger partial charge < -0.3 is 25.4 Å². The monoisotopic (exact) mass is 511 g/mol. The smallest absolute Gasteiger partial charge is 0.246 e. The van der Waals surface area contributed by atoms with Crippen molar-refractivity contribution in [1.29, 1.82) is 0 Å². The predicted octanol–water partition coefficient (Wildman–Crippen LogP) is 2.53. The summed E-state index contributed by atoms with van der Waals surface area (Å²) in [6, 6.07) is 8.39. The number of hydrogen-bond acceptors (Lipinski definition) is 5. The number of aliphatic hydroxyl groups is 1. The van der Waals surface area contributed by atoms with Gasteiger partial charge in [-0.1, -0.05) is 63.4 Å². The van der Waals surface area contributed by atoms with Crippen LogP contribution in [0.25, 0.3) is 0 Å². The lowest BCUT2D eigenvalue weighted by Crippen LogP contribution is -2.59. The standard InChI is InChI=1S/C29H41N3O5/c1-4-21(17-33)32-24(26(35)31-20-13-9-6-10-14-20)29-15-18(2)28(3,37-29)22(23(29)27(32)36)25(34)30-16-19-11-7-5-8-12-19/h5,7-8,11-12,18,20-24,33H,4,6,9-10,13-17H2,1-3H3,(H,30,34)(H,31,35)/t18?,21-,22+,23-,24?,28-,29?/m0/s1. The van der Waals surface area contributed by atoms with Crippen molar-refractivity contribution in [3.05, 3.63) is 35.9 Å². The van der Waals surface area contributed by atoms with E-state index in [4.69, 9.17) is 4.74 Å². The van der Waals surface area contributed by atoms with E-state index in [1.54, 1.807) is 4.90 Å². The Morgan fingerprint density at radius 1 is 1.16 bits per heavy atom. The molecule has 1 saturated carbocycles. The van der Waals surface area contributed by atoms with Gasteiger partial charge in [0.2, 0.25) is 17.7 Å². The number of amides is 3. The van der Waals surface area contributed by atoms with E-state index < -0.39 is 35.1 Å². The Balaban J connectivity index is 1.48. The van der Waals surface area contributed by atoms with Crippen molar-refractivity contribution < 1.29 is 24.2 Å². The number of benzene rings is 1. The molecule has 4 fully saturated rings. The molecule has 8 nitrogen and oxygen atoms in total. The molecule has 4 aliphatic rings. The van der Waals surface area contributed by atoms with E-state index in [-0.39, 0.29) is 36.3 Å². The molecule has 3 aliphatic heterocycles. The SMILES string of the molecule is CC[C@@H](CO)N1C(=O)[C@@H]2[C@H](C(=O)NCc3ccccc3)[C@@]3(C)OC2(CC3C)C1C(=O)NC1CCCCC1. The van der Waals surface area contributed by atoms with Crippen LogP contribution in [0.3, 0.4) is 0 Å². The zero-order valence-electron chi connectivity index (χ0n) is 22.2. The first-order valence-electron chi connectivity index (χ1n) is 14.0. The molecule has 1 aromatic carbocycles. The summed E-state index contributed by atoms with van der Waals surface area (Å²) < 4.78 is 6.77. The zero-order valence-corrected chi connectivity index (χ0v) is 22.2. The van der Waals surface area contributed by atoms with Gasteiger partial charge in [-0.25, -0.2) is 0 Å². The maximum atomic E-state index is 14.2. The number of carbonyl (C=O) groups is 3. The van der Waals surface area contributed by atoms with Crippen molar-refractivity contribution in [2.24, 2.45) is 17.8 Å². The first-order chi connectivity index (χ1) is 17.8. The van der Waals surface area contributed by atoms with Crippen LogP contribution >= 0.6 is 0 Å². The maximum Gasteiger partial charge on any atom is 0.246 e. The van der Waals surface area contributed by atoms with Crippen LogP contribution in [0.4, 0.5) is 0 Å². The van der Waals surface area contributed by atoms with E-state index in [0.717, 1.165) is 31.2 Å². The molecule has 7 atom stereocenters. The van der Waals surface area contributed by atoms with E-state index in [0.29, 0.717) is 19.4 Å². The van der Waals surface area contributed by atoms with Crippen molar-refractivity contribution >= 4 is 17.7 Å². The molecule has 0 aromatic heterocycles. The number of aliphatic hydroxyl groups excluding tert-OH is 1. The minimum atomic E-state index is -1.08. The Hall–Kier alpha value is -2.45. The lowest BCUT2D eigenvalue weighted by Gasteiger charge is -2.37. The Labute approximate surface area is 219 Å². The highest BCUT2D eigenvalue weighted by molar-refractivity contribution is 5.99. The van der Waals surface area contributed by atoms with Crippen molar-refractivity contribution in [2.45, 2.75) is 102 Å². The van der Waals surface area contributed by atoms with Gasteiger partial charge in [-0.3, -0.25) is 14.4 Å². The van der Waals surface area contributed by atoms with Crippen molar-refractivity contribution in [1.82, 2.24) is 15.5 Å². The minimum absolute atomic E-state index is 0.0110. The molecule has 5 rings (SSSR count). The number of carbonyl (C=O) groups excluding carboxylic acids is 3. The van der Waals surface area contributed by atoms with E-state index in [1.807, 2.05) is 44.2 Å². The first-order valence-corrected chi connectivity index (χ1v) is 14.0. The fourth-order valence-corrected chi connectivity index (χ4v) is 7.61. The Bertz CT molecular complexity index is 1020. The molecule has 37 heavy (non-hydrogen) atoms. The molecule has 8 heteroatoms. The van der Waals surface area contributed by atoms with Crippen molar-refractivity contribution in [3.8, 4) is 0 Å². The molecule has 1 aliphatic carbocycles.